The summed E-state index contributed by atoms with van der Waals surface area (Å²) in [6.07, 6.45) is -0.821. The number of anilines is 1. The summed E-state index contributed by atoms with van der Waals surface area (Å²) < 4.78 is 57.4. The van der Waals surface area contributed by atoms with Gasteiger partial charge in [0.15, 0.2) is 0 Å². The van der Waals surface area contributed by atoms with Gasteiger partial charge in [0, 0.05) is 59.8 Å². The molecule has 0 amide bonds. The predicted octanol–water partition coefficient (Wildman–Crippen LogP) is 4.68. The summed E-state index contributed by atoms with van der Waals surface area (Å²) in [6.45, 7) is 0.831. The number of hydrogen-bond donors (Lipinski definition) is 1. The van der Waals surface area contributed by atoms with E-state index in [1.807, 2.05) is 29.2 Å². The third kappa shape index (κ3) is 3.56. The molecule has 0 aliphatic carbocycles. The van der Waals surface area contributed by atoms with Crippen LogP contribution in [0.1, 0.15) is 29.3 Å². The zero-order chi connectivity index (χ0) is 22.4. The van der Waals surface area contributed by atoms with Gasteiger partial charge in [-0.05, 0) is 30.2 Å². The molecule has 0 bridgehead atoms. The zero-order valence-electron chi connectivity index (χ0n) is 17.3. The maximum atomic E-state index is 15.4. The van der Waals surface area contributed by atoms with Crippen LogP contribution in [0.25, 0.3) is 10.9 Å². The van der Waals surface area contributed by atoms with Crippen molar-refractivity contribution in [2.24, 2.45) is 5.92 Å². The zero-order valence-corrected chi connectivity index (χ0v) is 17.3. The number of aromatic amines is 1. The molecule has 1 atom stereocenters. The molecular weight excluding hydrogens is 422 g/mol. The molecule has 1 fully saturated rings. The number of aldehydes is 1. The van der Waals surface area contributed by atoms with Gasteiger partial charge in [-0.15, -0.1) is 0 Å². The molecule has 8 heteroatoms. The Morgan fingerprint density at radius 2 is 1.84 bits per heavy atom. The summed E-state index contributed by atoms with van der Waals surface area (Å²) in [7, 11) is 0. The highest BCUT2D eigenvalue weighted by atomic mass is 19.3. The number of carbonyl (C=O) groups excluding carboxylic acids is 1. The normalized spacial score (nSPS) is 19.4. The fraction of sp³-hybridized carbons (Fsp3) is 0.375. The number of para-hydroxylation sites is 1. The van der Waals surface area contributed by atoms with Crippen molar-refractivity contribution < 1.29 is 22.4 Å². The van der Waals surface area contributed by atoms with Crippen molar-refractivity contribution >= 4 is 22.9 Å². The van der Waals surface area contributed by atoms with Crippen LogP contribution >= 0.6 is 0 Å². The van der Waals surface area contributed by atoms with E-state index >= 15 is 8.78 Å². The summed E-state index contributed by atoms with van der Waals surface area (Å²) in [5.74, 6) is -1.32. The fourth-order valence-electron chi connectivity index (χ4n) is 5.07. The average Bonchev–Trinajstić information content (AvgIpc) is 3.09. The van der Waals surface area contributed by atoms with Crippen molar-refractivity contribution in [1.82, 2.24) is 9.88 Å². The number of alkyl halides is 2. The Bertz CT molecular complexity index is 1130. The van der Waals surface area contributed by atoms with Crippen LogP contribution in [0.3, 0.4) is 0 Å². The van der Waals surface area contributed by atoms with Gasteiger partial charge in [0.1, 0.15) is 17.9 Å². The molecule has 1 aromatic heterocycles. The van der Waals surface area contributed by atoms with Crippen LogP contribution in [0.5, 0.6) is 0 Å². The Labute approximate surface area is 182 Å². The Hall–Kier alpha value is -2.87. The number of halogens is 4. The molecule has 2 aliphatic heterocycles. The van der Waals surface area contributed by atoms with E-state index in [1.165, 1.54) is 17.0 Å². The predicted molar refractivity (Wildman–Crippen MR) is 114 cm³/mol. The lowest BCUT2D eigenvalue weighted by Crippen LogP contribution is -2.47. The number of nitrogens with zero attached hydrogens (tertiary/aromatic N) is 2. The van der Waals surface area contributed by atoms with Crippen molar-refractivity contribution in [3.8, 4) is 0 Å². The Balaban J connectivity index is 1.56. The van der Waals surface area contributed by atoms with Crippen molar-refractivity contribution in [3.05, 3.63) is 64.9 Å². The van der Waals surface area contributed by atoms with Gasteiger partial charge in [0.05, 0.1) is 12.6 Å². The molecule has 1 saturated heterocycles. The van der Waals surface area contributed by atoms with E-state index in [4.69, 9.17) is 0 Å². The first-order valence-corrected chi connectivity index (χ1v) is 10.8. The Morgan fingerprint density at radius 1 is 1.12 bits per heavy atom. The number of H-pyrrole nitrogens is 1. The van der Waals surface area contributed by atoms with Crippen LogP contribution in [-0.2, 0) is 11.2 Å². The monoisotopic (exact) mass is 445 g/mol. The summed E-state index contributed by atoms with van der Waals surface area (Å²) in [5, 5.41) is 0.948. The van der Waals surface area contributed by atoms with E-state index in [0.717, 1.165) is 22.8 Å². The van der Waals surface area contributed by atoms with Crippen molar-refractivity contribution in [2.45, 2.75) is 25.3 Å². The molecule has 5 rings (SSSR count). The van der Waals surface area contributed by atoms with Crippen molar-refractivity contribution in [2.75, 3.05) is 31.1 Å². The number of carbonyl (C=O) groups is 1. The van der Waals surface area contributed by atoms with Crippen molar-refractivity contribution in [3.63, 3.8) is 0 Å². The molecule has 0 radical (unpaired) electrons. The largest absolute Gasteiger partial charge is 0.371 e. The molecule has 0 unspecified atom stereocenters. The number of fused-ring (bicyclic) bond motifs is 3. The van der Waals surface area contributed by atoms with E-state index in [-0.39, 0.29) is 18.0 Å². The van der Waals surface area contributed by atoms with E-state index in [0.29, 0.717) is 37.3 Å². The second-order valence-electron chi connectivity index (χ2n) is 8.60. The minimum atomic E-state index is -2.62. The number of rotatable bonds is 6. The lowest BCUT2D eigenvalue weighted by molar-refractivity contribution is -0.108. The molecule has 1 N–H and O–H groups in total. The quantitative estimate of drug-likeness (QED) is 0.442. The summed E-state index contributed by atoms with van der Waals surface area (Å²) in [4.78, 5) is 17.2. The number of benzene rings is 2. The molecule has 32 heavy (non-hydrogen) atoms. The SMILES string of the molecule is O=CCC1CN(c2cc(F)c([C@@H]3c4[nH]c5ccccc5c4CCN3CC(F)F)c(F)c2)C1. The molecule has 4 nitrogen and oxygen atoms in total. The minimum absolute atomic E-state index is 0.187. The second-order valence-corrected chi connectivity index (χ2v) is 8.60. The number of nitrogens with one attached hydrogen (secondary N) is 1. The molecule has 0 spiro atoms. The topological polar surface area (TPSA) is 39.3 Å². The first kappa shape index (κ1) is 21.0. The van der Waals surface area contributed by atoms with Gasteiger partial charge in [-0.1, -0.05) is 18.2 Å². The molecule has 2 aliphatic rings. The van der Waals surface area contributed by atoms with Gasteiger partial charge < -0.3 is 14.7 Å². The van der Waals surface area contributed by atoms with Gasteiger partial charge in [-0.3, -0.25) is 4.90 Å². The highest BCUT2D eigenvalue weighted by molar-refractivity contribution is 5.85. The molecule has 168 valence electrons. The fourth-order valence-corrected chi connectivity index (χ4v) is 5.07. The third-order valence-corrected chi connectivity index (χ3v) is 6.60. The van der Waals surface area contributed by atoms with Crippen LogP contribution in [0.2, 0.25) is 0 Å². The third-order valence-electron chi connectivity index (χ3n) is 6.60. The highest BCUT2D eigenvalue weighted by Gasteiger charge is 2.37. The van der Waals surface area contributed by atoms with Crippen LogP contribution in [-0.4, -0.2) is 48.8 Å². The second kappa shape index (κ2) is 8.24. The van der Waals surface area contributed by atoms with Gasteiger partial charge in [0.2, 0.25) is 0 Å². The maximum Gasteiger partial charge on any atom is 0.251 e. The summed E-state index contributed by atoms with van der Waals surface area (Å²) in [6, 6.07) is 9.13. The molecule has 3 aromatic rings. The van der Waals surface area contributed by atoms with Crippen LogP contribution in [0, 0.1) is 17.6 Å². The van der Waals surface area contributed by atoms with Crippen LogP contribution < -0.4 is 4.90 Å². The maximum absolute atomic E-state index is 15.4. The lowest BCUT2D eigenvalue weighted by atomic mass is 9.90. The van der Waals surface area contributed by atoms with E-state index < -0.39 is 30.6 Å². The smallest absolute Gasteiger partial charge is 0.251 e. The molecule has 2 aromatic carbocycles. The molecule has 3 heterocycles. The Morgan fingerprint density at radius 3 is 2.53 bits per heavy atom. The minimum Gasteiger partial charge on any atom is -0.371 e. The summed E-state index contributed by atoms with van der Waals surface area (Å²) >= 11 is 0. The summed E-state index contributed by atoms with van der Waals surface area (Å²) in [5.41, 5.74) is 2.49. The van der Waals surface area contributed by atoms with Crippen LogP contribution in [0.15, 0.2) is 36.4 Å². The van der Waals surface area contributed by atoms with E-state index in [1.54, 1.807) is 0 Å². The average molecular weight is 445 g/mol. The van der Waals surface area contributed by atoms with E-state index in [9.17, 15) is 13.6 Å². The Kier molecular flexibility index (Phi) is 5.41. The number of aromatic nitrogens is 1. The van der Waals surface area contributed by atoms with Gasteiger partial charge in [-0.2, -0.15) is 0 Å². The number of hydrogen-bond acceptors (Lipinski definition) is 3. The van der Waals surface area contributed by atoms with Gasteiger partial charge >= 0.3 is 0 Å². The van der Waals surface area contributed by atoms with Gasteiger partial charge in [-0.25, -0.2) is 17.6 Å². The standard InChI is InChI=1S/C24H23F4N3O/c25-18-9-15(31-11-14(12-31)6-8-32)10-19(26)22(18)24-23-17(5-7-30(24)13-21(27)28)16-3-1-2-4-20(16)29-23/h1-4,8-10,14,21,24,29H,5-7,11-13H2/t24-/m1/s1. The van der Waals surface area contributed by atoms with Crippen molar-refractivity contribution in [1.29, 1.82) is 0 Å². The van der Waals surface area contributed by atoms with Gasteiger partial charge in [0.25, 0.3) is 6.43 Å². The molecular formula is C24H23F4N3O. The first-order chi connectivity index (χ1) is 15.5. The highest BCUT2D eigenvalue weighted by Crippen LogP contribution is 2.41. The van der Waals surface area contributed by atoms with Crippen LogP contribution in [0.4, 0.5) is 23.2 Å². The first-order valence-electron chi connectivity index (χ1n) is 10.8. The molecule has 0 saturated carbocycles. The van der Waals surface area contributed by atoms with E-state index in [2.05, 4.69) is 4.98 Å². The lowest BCUT2D eigenvalue weighted by Gasteiger charge is -2.41.